The highest BCUT2D eigenvalue weighted by molar-refractivity contribution is 7.98. The van der Waals surface area contributed by atoms with Crippen LogP contribution in [0.3, 0.4) is 0 Å². The van der Waals surface area contributed by atoms with Crippen LogP contribution < -0.4 is 0 Å². The molecule has 1 nitrogen and oxygen atoms in total. The fourth-order valence-corrected chi connectivity index (χ4v) is 2.29. The van der Waals surface area contributed by atoms with E-state index in [1.54, 1.807) is 30.0 Å². The minimum Gasteiger partial charge on any atom is -0.289 e. The molecule has 0 spiro atoms. The van der Waals surface area contributed by atoms with Crippen LogP contribution in [0.2, 0.25) is 0 Å². The number of halogens is 1. The van der Waals surface area contributed by atoms with Crippen LogP contribution in [0.5, 0.6) is 0 Å². The Hall–Kier alpha value is -1.87. The molecule has 2 rings (SSSR count). The van der Waals surface area contributed by atoms with Crippen molar-refractivity contribution in [3.63, 3.8) is 0 Å². The standard InChI is InChI=1S/C16H13FOS/c1-19-16-5-3-2-4-14(16)15(18)11-8-12-6-9-13(17)10-7-12/h2-11H,1H3/b11-8+. The van der Waals surface area contributed by atoms with Gasteiger partial charge in [0.15, 0.2) is 5.78 Å². The second-order valence-corrected chi connectivity index (χ2v) is 4.80. The number of carbonyl (C=O) groups excluding carboxylic acids is 1. The van der Waals surface area contributed by atoms with Gasteiger partial charge >= 0.3 is 0 Å². The summed E-state index contributed by atoms with van der Waals surface area (Å²) in [5.41, 5.74) is 1.49. The molecule has 0 aliphatic heterocycles. The molecule has 2 aromatic rings. The highest BCUT2D eigenvalue weighted by Gasteiger charge is 2.06. The molecule has 0 N–H and O–H groups in total. The zero-order chi connectivity index (χ0) is 13.7. The minimum atomic E-state index is -0.281. The molecule has 0 saturated heterocycles. The highest BCUT2D eigenvalue weighted by Crippen LogP contribution is 2.20. The summed E-state index contributed by atoms with van der Waals surface area (Å²) >= 11 is 1.54. The molecule has 3 heteroatoms. The van der Waals surface area contributed by atoms with Crippen molar-refractivity contribution < 1.29 is 9.18 Å². The number of benzene rings is 2. The lowest BCUT2D eigenvalue weighted by Crippen LogP contribution is -1.96. The van der Waals surface area contributed by atoms with Gasteiger partial charge in [-0.25, -0.2) is 4.39 Å². The Labute approximate surface area is 116 Å². The zero-order valence-electron chi connectivity index (χ0n) is 10.5. The molecular weight excluding hydrogens is 259 g/mol. The number of ketones is 1. The molecule has 0 aromatic heterocycles. The first-order valence-corrected chi connectivity index (χ1v) is 7.04. The van der Waals surface area contributed by atoms with E-state index in [-0.39, 0.29) is 11.6 Å². The van der Waals surface area contributed by atoms with Gasteiger partial charge in [-0.1, -0.05) is 30.3 Å². The van der Waals surface area contributed by atoms with Crippen LogP contribution in [0, 0.1) is 5.82 Å². The lowest BCUT2D eigenvalue weighted by molar-refractivity contribution is 0.104. The number of hydrogen-bond donors (Lipinski definition) is 0. The molecule has 0 aliphatic carbocycles. The van der Waals surface area contributed by atoms with Gasteiger partial charge in [0.1, 0.15) is 5.82 Å². The Bertz CT molecular complexity index is 602. The van der Waals surface area contributed by atoms with Crippen LogP contribution in [0.25, 0.3) is 6.08 Å². The van der Waals surface area contributed by atoms with E-state index in [1.165, 1.54) is 18.2 Å². The molecule has 0 unspecified atom stereocenters. The SMILES string of the molecule is CSc1ccccc1C(=O)/C=C/c1ccc(F)cc1. The average Bonchev–Trinajstić information content (AvgIpc) is 2.46. The van der Waals surface area contributed by atoms with Gasteiger partial charge in [-0.3, -0.25) is 4.79 Å². The van der Waals surface area contributed by atoms with Crippen molar-refractivity contribution in [1.82, 2.24) is 0 Å². The van der Waals surface area contributed by atoms with E-state index in [0.717, 1.165) is 10.5 Å². The molecule has 0 radical (unpaired) electrons. The first kappa shape index (κ1) is 13.6. The summed E-state index contributed by atoms with van der Waals surface area (Å²) in [5, 5.41) is 0. The molecule has 96 valence electrons. The number of thioether (sulfide) groups is 1. The maximum atomic E-state index is 12.8. The Morgan fingerprint density at radius 2 is 1.79 bits per heavy atom. The maximum Gasteiger partial charge on any atom is 0.186 e. The normalized spacial score (nSPS) is 10.8. The molecule has 0 amide bonds. The maximum absolute atomic E-state index is 12.8. The van der Waals surface area contributed by atoms with Crippen molar-refractivity contribution in [3.05, 3.63) is 71.6 Å². The molecule has 0 aliphatic rings. The second kappa shape index (κ2) is 6.34. The van der Waals surface area contributed by atoms with Gasteiger partial charge in [-0.2, -0.15) is 0 Å². The topological polar surface area (TPSA) is 17.1 Å². The third-order valence-electron chi connectivity index (χ3n) is 2.67. The Morgan fingerprint density at radius 1 is 1.11 bits per heavy atom. The molecule has 2 aromatic carbocycles. The fourth-order valence-electron chi connectivity index (χ4n) is 1.68. The average molecular weight is 272 g/mol. The van der Waals surface area contributed by atoms with Crippen LogP contribution in [-0.2, 0) is 0 Å². The summed E-state index contributed by atoms with van der Waals surface area (Å²) in [7, 11) is 0. The number of allylic oxidation sites excluding steroid dienone is 1. The molecule has 0 bridgehead atoms. The van der Waals surface area contributed by atoms with Gasteiger partial charge in [0.05, 0.1) is 0 Å². The van der Waals surface area contributed by atoms with E-state index in [4.69, 9.17) is 0 Å². The number of hydrogen-bond acceptors (Lipinski definition) is 2. The molecular formula is C16H13FOS. The van der Waals surface area contributed by atoms with Gasteiger partial charge < -0.3 is 0 Å². The van der Waals surface area contributed by atoms with Crippen LogP contribution in [0.4, 0.5) is 4.39 Å². The van der Waals surface area contributed by atoms with Gasteiger partial charge in [0, 0.05) is 10.5 Å². The summed E-state index contributed by atoms with van der Waals surface area (Å²) < 4.78 is 12.8. The van der Waals surface area contributed by atoms with Crippen molar-refractivity contribution >= 4 is 23.6 Å². The summed E-state index contributed by atoms with van der Waals surface area (Å²) in [4.78, 5) is 13.0. The molecule has 0 atom stereocenters. The smallest absolute Gasteiger partial charge is 0.186 e. The third-order valence-corrected chi connectivity index (χ3v) is 3.47. The second-order valence-electron chi connectivity index (χ2n) is 3.95. The van der Waals surface area contributed by atoms with E-state index >= 15 is 0 Å². The van der Waals surface area contributed by atoms with Crippen LogP contribution in [0.1, 0.15) is 15.9 Å². The summed E-state index contributed by atoms with van der Waals surface area (Å²) in [6.07, 6.45) is 5.15. The number of rotatable bonds is 4. The Kier molecular flexibility index (Phi) is 4.53. The van der Waals surface area contributed by atoms with Crippen LogP contribution in [-0.4, -0.2) is 12.0 Å². The Balaban J connectivity index is 2.19. The zero-order valence-corrected chi connectivity index (χ0v) is 11.3. The largest absolute Gasteiger partial charge is 0.289 e. The van der Waals surface area contributed by atoms with Gasteiger partial charge in [0.2, 0.25) is 0 Å². The van der Waals surface area contributed by atoms with Crippen molar-refractivity contribution in [2.75, 3.05) is 6.26 Å². The van der Waals surface area contributed by atoms with E-state index in [9.17, 15) is 9.18 Å². The van der Waals surface area contributed by atoms with Crippen LogP contribution in [0.15, 0.2) is 59.5 Å². The van der Waals surface area contributed by atoms with Gasteiger partial charge in [0.25, 0.3) is 0 Å². The van der Waals surface area contributed by atoms with E-state index < -0.39 is 0 Å². The predicted octanol–water partition coefficient (Wildman–Crippen LogP) is 4.44. The molecule has 19 heavy (non-hydrogen) atoms. The predicted molar refractivity (Wildman–Crippen MR) is 78.0 cm³/mol. The lowest BCUT2D eigenvalue weighted by Gasteiger charge is -2.02. The summed E-state index contributed by atoms with van der Waals surface area (Å²) in [6, 6.07) is 13.5. The fraction of sp³-hybridized carbons (Fsp3) is 0.0625. The monoisotopic (exact) mass is 272 g/mol. The first-order chi connectivity index (χ1) is 9.20. The van der Waals surface area contributed by atoms with Crippen molar-refractivity contribution in [2.45, 2.75) is 4.90 Å². The van der Waals surface area contributed by atoms with Crippen molar-refractivity contribution in [1.29, 1.82) is 0 Å². The molecule has 0 fully saturated rings. The lowest BCUT2D eigenvalue weighted by atomic mass is 10.1. The van der Waals surface area contributed by atoms with E-state index in [0.29, 0.717) is 5.56 Å². The van der Waals surface area contributed by atoms with Gasteiger partial charge in [-0.05, 0) is 42.2 Å². The molecule has 0 saturated carbocycles. The first-order valence-electron chi connectivity index (χ1n) is 5.81. The summed E-state index contributed by atoms with van der Waals surface area (Å²) in [6.45, 7) is 0. The van der Waals surface area contributed by atoms with Crippen molar-refractivity contribution in [3.8, 4) is 0 Å². The van der Waals surface area contributed by atoms with Gasteiger partial charge in [-0.15, -0.1) is 11.8 Å². The minimum absolute atomic E-state index is 0.0470. The van der Waals surface area contributed by atoms with Crippen molar-refractivity contribution in [2.24, 2.45) is 0 Å². The Morgan fingerprint density at radius 3 is 2.47 bits per heavy atom. The van der Waals surface area contributed by atoms with E-state index in [1.807, 2.05) is 30.5 Å². The summed E-state index contributed by atoms with van der Waals surface area (Å²) in [5.74, 6) is -0.328. The quantitative estimate of drug-likeness (QED) is 0.465. The van der Waals surface area contributed by atoms with Crippen LogP contribution >= 0.6 is 11.8 Å². The van der Waals surface area contributed by atoms with E-state index in [2.05, 4.69) is 0 Å². The third kappa shape index (κ3) is 3.55. The molecule has 0 heterocycles. The highest BCUT2D eigenvalue weighted by atomic mass is 32.2. The number of carbonyl (C=O) groups is 1.